The SMILES string of the molecule is COC(=O)C(NC(=O)c1ccccc1OC)(Nc1ccc(OC(F)(F)F)cc1)C(F)(F)F. The van der Waals surface area contributed by atoms with Crippen LogP contribution in [0.4, 0.5) is 32.0 Å². The van der Waals surface area contributed by atoms with E-state index < -0.39 is 41.5 Å². The molecule has 2 N–H and O–H groups in total. The van der Waals surface area contributed by atoms with Gasteiger partial charge in [-0.3, -0.25) is 4.79 Å². The van der Waals surface area contributed by atoms with Crippen LogP contribution >= 0.6 is 0 Å². The monoisotopic (exact) mass is 466 g/mol. The molecule has 0 heterocycles. The molecule has 13 heteroatoms. The molecule has 1 atom stereocenters. The van der Waals surface area contributed by atoms with Gasteiger partial charge in [-0.25, -0.2) is 4.79 Å². The highest BCUT2D eigenvalue weighted by atomic mass is 19.4. The average molecular weight is 466 g/mol. The Morgan fingerprint density at radius 3 is 1.97 bits per heavy atom. The first kappa shape index (κ1) is 24.6. The van der Waals surface area contributed by atoms with Crippen molar-refractivity contribution < 1.29 is 50.1 Å². The fraction of sp³-hybridized carbons (Fsp3) is 0.263. The lowest BCUT2D eigenvalue weighted by Crippen LogP contribution is -2.69. The van der Waals surface area contributed by atoms with Crippen molar-refractivity contribution in [3.8, 4) is 11.5 Å². The highest BCUT2D eigenvalue weighted by molar-refractivity contribution is 6.01. The standard InChI is InChI=1S/C19H16F6N2O5/c1-30-14-6-4-3-5-13(14)15(28)27-17(16(29)31-2,18(20,21)22)26-11-7-9-12(10-8-11)32-19(23,24)25/h3-10,26H,1-2H3,(H,27,28). The van der Waals surface area contributed by atoms with E-state index in [4.69, 9.17) is 4.74 Å². The van der Waals surface area contributed by atoms with Gasteiger partial charge in [0.05, 0.1) is 19.8 Å². The number of ether oxygens (including phenoxy) is 3. The zero-order valence-electron chi connectivity index (χ0n) is 16.4. The molecule has 0 aliphatic rings. The highest BCUT2D eigenvalue weighted by Crippen LogP contribution is 2.34. The van der Waals surface area contributed by atoms with Crippen molar-refractivity contribution in [2.24, 2.45) is 0 Å². The van der Waals surface area contributed by atoms with Gasteiger partial charge in [0, 0.05) is 5.69 Å². The molecule has 32 heavy (non-hydrogen) atoms. The third-order valence-electron chi connectivity index (χ3n) is 3.99. The van der Waals surface area contributed by atoms with Crippen molar-refractivity contribution in [3.63, 3.8) is 0 Å². The van der Waals surface area contributed by atoms with Gasteiger partial charge >= 0.3 is 24.2 Å². The number of alkyl halides is 6. The van der Waals surface area contributed by atoms with E-state index in [1.807, 2.05) is 0 Å². The van der Waals surface area contributed by atoms with Gasteiger partial charge < -0.3 is 24.8 Å². The van der Waals surface area contributed by atoms with Crippen molar-refractivity contribution >= 4 is 17.6 Å². The van der Waals surface area contributed by atoms with Gasteiger partial charge in [-0.15, -0.1) is 13.2 Å². The summed E-state index contributed by atoms with van der Waals surface area (Å²) in [5, 5.41) is 3.37. The molecular formula is C19H16F6N2O5. The molecular weight excluding hydrogens is 450 g/mol. The van der Waals surface area contributed by atoms with E-state index >= 15 is 0 Å². The third-order valence-corrected chi connectivity index (χ3v) is 3.99. The summed E-state index contributed by atoms with van der Waals surface area (Å²) in [4.78, 5) is 24.9. The number of hydrogen-bond donors (Lipinski definition) is 2. The number of nitrogens with one attached hydrogen (secondary N) is 2. The summed E-state index contributed by atoms with van der Waals surface area (Å²) in [7, 11) is 1.85. The van der Waals surface area contributed by atoms with Gasteiger partial charge in [-0.1, -0.05) is 12.1 Å². The minimum Gasteiger partial charge on any atom is -0.496 e. The molecule has 1 amide bonds. The smallest absolute Gasteiger partial charge is 0.496 e. The van der Waals surface area contributed by atoms with Crippen LogP contribution in [0.3, 0.4) is 0 Å². The number of carbonyl (C=O) groups excluding carboxylic acids is 2. The molecule has 0 saturated carbocycles. The van der Waals surface area contributed by atoms with E-state index in [1.54, 1.807) is 10.6 Å². The number of amides is 1. The molecule has 0 aliphatic carbocycles. The zero-order chi connectivity index (χ0) is 24.2. The second kappa shape index (κ2) is 9.24. The maximum absolute atomic E-state index is 14.1. The highest BCUT2D eigenvalue weighted by Gasteiger charge is 2.63. The van der Waals surface area contributed by atoms with Crippen molar-refractivity contribution in [3.05, 3.63) is 54.1 Å². The van der Waals surface area contributed by atoms with Crippen molar-refractivity contribution in [1.29, 1.82) is 0 Å². The van der Waals surface area contributed by atoms with Crippen molar-refractivity contribution in [2.75, 3.05) is 19.5 Å². The molecule has 2 rings (SSSR count). The van der Waals surface area contributed by atoms with Crippen LogP contribution in [0.2, 0.25) is 0 Å². The lowest BCUT2D eigenvalue weighted by Gasteiger charge is -2.35. The van der Waals surface area contributed by atoms with E-state index in [-0.39, 0.29) is 11.3 Å². The molecule has 0 aromatic heterocycles. The number of rotatable bonds is 7. The minimum absolute atomic E-state index is 0.0698. The molecule has 0 radical (unpaired) electrons. The maximum atomic E-state index is 14.1. The first-order valence-corrected chi connectivity index (χ1v) is 8.57. The first-order chi connectivity index (χ1) is 14.8. The molecule has 2 aromatic carbocycles. The topological polar surface area (TPSA) is 85.9 Å². The van der Waals surface area contributed by atoms with Crippen LogP contribution in [-0.4, -0.2) is 44.3 Å². The van der Waals surface area contributed by atoms with Crippen LogP contribution < -0.4 is 20.1 Å². The second-order valence-corrected chi connectivity index (χ2v) is 6.09. The number of methoxy groups -OCH3 is 2. The van der Waals surface area contributed by atoms with Gasteiger partial charge in [0.15, 0.2) is 0 Å². The summed E-state index contributed by atoms with van der Waals surface area (Å²) in [5.74, 6) is -4.05. The summed E-state index contributed by atoms with van der Waals surface area (Å²) in [6.45, 7) is 0. The Morgan fingerprint density at radius 2 is 1.47 bits per heavy atom. The number of para-hydroxylation sites is 1. The molecule has 0 spiro atoms. The number of carbonyl (C=O) groups is 2. The van der Waals surface area contributed by atoms with Gasteiger partial charge in [-0.05, 0) is 36.4 Å². The fourth-order valence-electron chi connectivity index (χ4n) is 2.57. The Morgan fingerprint density at radius 1 is 0.875 bits per heavy atom. The van der Waals surface area contributed by atoms with Gasteiger partial charge in [0.25, 0.3) is 5.91 Å². The van der Waals surface area contributed by atoms with Crippen LogP contribution in [0.25, 0.3) is 0 Å². The van der Waals surface area contributed by atoms with Crippen LogP contribution in [0, 0.1) is 0 Å². The first-order valence-electron chi connectivity index (χ1n) is 8.57. The summed E-state index contributed by atoms with van der Waals surface area (Å²) in [5.41, 5.74) is -4.57. The molecule has 1 unspecified atom stereocenters. The number of benzene rings is 2. The Labute approximate surface area is 177 Å². The Balaban J connectivity index is 2.46. The Kier molecular flexibility index (Phi) is 7.11. The molecule has 2 aromatic rings. The van der Waals surface area contributed by atoms with Crippen LogP contribution in [0.15, 0.2) is 48.5 Å². The predicted octanol–water partition coefficient (Wildman–Crippen LogP) is 3.87. The average Bonchev–Trinajstić information content (AvgIpc) is 2.71. The maximum Gasteiger partial charge on any atom is 0.573 e. The summed E-state index contributed by atoms with van der Waals surface area (Å²) >= 11 is 0. The van der Waals surface area contributed by atoms with Crippen molar-refractivity contribution in [2.45, 2.75) is 18.2 Å². The molecule has 0 bridgehead atoms. The van der Waals surface area contributed by atoms with E-state index in [2.05, 4.69) is 9.47 Å². The summed E-state index contributed by atoms with van der Waals surface area (Å²) in [6, 6.07) is 8.32. The summed E-state index contributed by atoms with van der Waals surface area (Å²) in [6.07, 6.45) is -10.5. The third kappa shape index (κ3) is 5.53. The zero-order valence-corrected chi connectivity index (χ0v) is 16.4. The molecule has 174 valence electrons. The summed E-state index contributed by atoms with van der Waals surface area (Å²) < 4.78 is 91.9. The van der Waals surface area contributed by atoms with E-state index in [0.717, 1.165) is 30.3 Å². The van der Waals surface area contributed by atoms with E-state index in [0.29, 0.717) is 7.11 Å². The largest absolute Gasteiger partial charge is 0.573 e. The minimum atomic E-state index is -5.45. The number of halogens is 6. The van der Waals surface area contributed by atoms with Gasteiger partial charge in [0.1, 0.15) is 11.5 Å². The van der Waals surface area contributed by atoms with E-state index in [1.165, 1.54) is 25.3 Å². The predicted molar refractivity (Wildman–Crippen MR) is 98.0 cm³/mol. The van der Waals surface area contributed by atoms with Crippen molar-refractivity contribution in [1.82, 2.24) is 5.32 Å². The molecule has 0 fully saturated rings. The lowest BCUT2D eigenvalue weighted by atomic mass is 10.1. The number of hydrogen-bond acceptors (Lipinski definition) is 6. The second-order valence-electron chi connectivity index (χ2n) is 6.09. The van der Waals surface area contributed by atoms with Gasteiger partial charge in [0.2, 0.25) is 0 Å². The molecule has 0 saturated heterocycles. The van der Waals surface area contributed by atoms with Gasteiger partial charge in [-0.2, -0.15) is 13.2 Å². The lowest BCUT2D eigenvalue weighted by molar-refractivity contribution is -0.274. The van der Waals surface area contributed by atoms with Crippen LogP contribution in [0.1, 0.15) is 10.4 Å². The Bertz CT molecular complexity index is 962. The number of esters is 1. The van der Waals surface area contributed by atoms with E-state index in [9.17, 15) is 35.9 Å². The normalized spacial score (nSPS) is 13.5. The fourth-order valence-corrected chi connectivity index (χ4v) is 2.57. The number of anilines is 1. The Hall–Kier alpha value is -3.64. The molecule has 0 aliphatic heterocycles. The van der Waals surface area contributed by atoms with Crippen LogP contribution in [-0.2, 0) is 9.53 Å². The molecule has 7 nitrogen and oxygen atoms in total. The van der Waals surface area contributed by atoms with Crippen LogP contribution in [0.5, 0.6) is 11.5 Å². The quantitative estimate of drug-likeness (QED) is 0.366.